The highest BCUT2D eigenvalue weighted by atomic mass is 16.5. The number of ether oxygens (including phenoxy) is 1. The zero-order chi connectivity index (χ0) is 25.5. The second-order valence-corrected chi connectivity index (χ2v) is 8.92. The number of benzene rings is 3. The van der Waals surface area contributed by atoms with Crippen LogP contribution in [0.5, 0.6) is 0 Å². The van der Waals surface area contributed by atoms with E-state index in [1.54, 1.807) is 0 Å². The van der Waals surface area contributed by atoms with Crippen molar-refractivity contribution in [1.29, 1.82) is 0 Å². The summed E-state index contributed by atoms with van der Waals surface area (Å²) in [6.45, 7) is 10.8. The Morgan fingerprint density at radius 1 is 1.08 bits per heavy atom. The summed E-state index contributed by atoms with van der Waals surface area (Å²) in [7, 11) is 0. The van der Waals surface area contributed by atoms with Crippen LogP contribution >= 0.6 is 0 Å². The first-order valence-corrected chi connectivity index (χ1v) is 12.3. The molecule has 1 unspecified atom stereocenters. The van der Waals surface area contributed by atoms with E-state index in [2.05, 4.69) is 61.3 Å². The Kier molecular flexibility index (Phi) is 8.01. The number of hydrogen-bond donors (Lipinski definition) is 1. The van der Waals surface area contributed by atoms with E-state index in [-0.39, 0.29) is 5.97 Å². The Labute approximate surface area is 213 Å². The molecule has 0 radical (unpaired) electrons. The maximum Gasteiger partial charge on any atom is 0.313 e. The molecule has 0 aliphatic heterocycles. The maximum absolute atomic E-state index is 12.8. The van der Waals surface area contributed by atoms with Gasteiger partial charge in [0, 0.05) is 24.8 Å². The van der Waals surface area contributed by atoms with Gasteiger partial charge in [0.05, 0.1) is 23.9 Å². The lowest BCUT2D eigenvalue weighted by atomic mass is 9.93. The number of rotatable bonds is 10. The lowest BCUT2D eigenvalue weighted by Gasteiger charge is -2.15. The molecule has 0 aliphatic rings. The summed E-state index contributed by atoms with van der Waals surface area (Å²) in [5, 5.41) is 8.12. The Morgan fingerprint density at radius 2 is 1.89 bits per heavy atom. The van der Waals surface area contributed by atoms with Crippen molar-refractivity contribution >= 4 is 11.7 Å². The predicted octanol–water partition coefficient (Wildman–Crippen LogP) is 6.64. The number of hydrogen-bond acceptors (Lipinski definition) is 4. The molecule has 1 atom stereocenters. The van der Waals surface area contributed by atoms with Gasteiger partial charge in [-0.1, -0.05) is 54.1 Å². The average molecular weight is 480 g/mol. The van der Waals surface area contributed by atoms with E-state index in [0.29, 0.717) is 13.0 Å². The first kappa shape index (κ1) is 25.0. The molecule has 1 N–H and O–H groups in total. The van der Waals surface area contributed by atoms with E-state index in [4.69, 9.17) is 9.84 Å². The van der Waals surface area contributed by atoms with Gasteiger partial charge in [0.25, 0.3) is 0 Å². The van der Waals surface area contributed by atoms with Gasteiger partial charge in [-0.3, -0.25) is 4.79 Å². The minimum absolute atomic E-state index is 0.221. The summed E-state index contributed by atoms with van der Waals surface area (Å²) in [6.07, 6.45) is 4.27. The molecule has 0 fully saturated rings. The van der Waals surface area contributed by atoms with E-state index in [1.165, 1.54) is 5.56 Å². The highest BCUT2D eigenvalue weighted by Crippen LogP contribution is 2.28. The van der Waals surface area contributed by atoms with Crippen LogP contribution in [0.1, 0.15) is 35.2 Å². The molecule has 0 saturated carbocycles. The number of nitrogens with one attached hydrogen (secondary N) is 1. The van der Waals surface area contributed by atoms with Crippen molar-refractivity contribution in [3.05, 3.63) is 114 Å². The molecule has 184 valence electrons. The van der Waals surface area contributed by atoms with Crippen LogP contribution in [-0.2, 0) is 16.0 Å². The van der Waals surface area contributed by atoms with Crippen LogP contribution in [0.2, 0.25) is 0 Å². The van der Waals surface area contributed by atoms with Crippen LogP contribution < -0.4 is 5.32 Å². The molecule has 0 amide bonds. The smallest absolute Gasteiger partial charge is 0.313 e. The normalized spacial score (nSPS) is 11.6. The van der Waals surface area contributed by atoms with E-state index in [9.17, 15) is 4.79 Å². The number of esters is 1. The van der Waals surface area contributed by atoms with E-state index >= 15 is 0 Å². The van der Waals surface area contributed by atoms with Gasteiger partial charge in [-0.2, -0.15) is 5.10 Å². The van der Waals surface area contributed by atoms with Crippen LogP contribution in [0.4, 0.5) is 5.69 Å². The number of aryl methyl sites for hydroxylation is 2. The Morgan fingerprint density at radius 3 is 2.61 bits per heavy atom. The molecule has 3 aromatic carbocycles. The number of carbonyl (C=O) groups is 1. The van der Waals surface area contributed by atoms with Crippen LogP contribution in [0.15, 0.2) is 91.6 Å². The fourth-order valence-electron chi connectivity index (χ4n) is 4.31. The number of anilines is 1. The van der Waals surface area contributed by atoms with Crippen molar-refractivity contribution in [3.63, 3.8) is 0 Å². The van der Waals surface area contributed by atoms with Gasteiger partial charge < -0.3 is 10.1 Å². The fraction of sp³-hybridized carbons (Fsp3) is 0.226. The zero-order valence-corrected chi connectivity index (χ0v) is 21.2. The van der Waals surface area contributed by atoms with Crippen molar-refractivity contribution in [3.8, 4) is 16.8 Å². The molecule has 4 rings (SSSR count). The van der Waals surface area contributed by atoms with E-state index < -0.39 is 5.92 Å². The van der Waals surface area contributed by atoms with Crippen molar-refractivity contribution in [2.24, 2.45) is 0 Å². The minimum atomic E-state index is -0.394. The van der Waals surface area contributed by atoms with Crippen molar-refractivity contribution in [2.75, 3.05) is 18.5 Å². The van der Waals surface area contributed by atoms with Gasteiger partial charge in [-0.15, -0.1) is 6.58 Å². The summed E-state index contributed by atoms with van der Waals surface area (Å²) in [5.41, 5.74) is 8.44. The average Bonchev–Trinajstić information content (AvgIpc) is 3.35. The third-order valence-electron chi connectivity index (χ3n) is 6.21. The maximum atomic E-state index is 12.8. The van der Waals surface area contributed by atoms with Gasteiger partial charge in [-0.05, 0) is 73.4 Å². The SMILES string of the molecule is C=CCNc1ccc(-c2cc(-n3ccc(CC(C(=O)OCC)c4cccc(C)c4)n3)ccc2C)cc1. The zero-order valence-electron chi connectivity index (χ0n) is 21.2. The molecule has 1 aromatic heterocycles. The number of aromatic nitrogens is 2. The van der Waals surface area contributed by atoms with Gasteiger partial charge in [-0.25, -0.2) is 4.68 Å². The van der Waals surface area contributed by atoms with Gasteiger partial charge in [0.15, 0.2) is 0 Å². The van der Waals surface area contributed by atoms with E-state index in [1.807, 2.05) is 61.1 Å². The van der Waals surface area contributed by atoms with Crippen LogP contribution in [0.25, 0.3) is 16.8 Å². The van der Waals surface area contributed by atoms with Gasteiger partial charge >= 0.3 is 5.97 Å². The molecule has 36 heavy (non-hydrogen) atoms. The third-order valence-corrected chi connectivity index (χ3v) is 6.21. The third kappa shape index (κ3) is 5.92. The Hall–Kier alpha value is -4.12. The van der Waals surface area contributed by atoms with Crippen molar-refractivity contribution in [1.82, 2.24) is 9.78 Å². The lowest BCUT2D eigenvalue weighted by molar-refractivity contribution is -0.145. The second-order valence-electron chi connectivity index (χ2n) is 8.92. The summed E-state index contributed by atoms with van der Waals surface area (Å²) in [5.74, 6) is -0.615. The molecule has 5 nitrogen and oxygen atoms in total. The Bertz CT molecular complexity index is 1340. The number of nitrogens with zero attached hydrogens (tertiary/aromatic N) is 2. The van der Waals surface area contributed by atoms with Crippen LogP contribution in [0, 0.1) is 13.8 Å². The summed E-state index contributed by atoms with van der Waals surface area (Å²) < 4.78 is 7.26. The first-order valence-electron chi connectivity index (χ1n) is 12.3. The quantitative estimate of drug-likeness (QED) is 0.205. The molecule has 5 heteroatoms. The fourth-order valence-corrected chi connectivity index (χ4v) is 4.31. The highest BCUT2D eigenvalue weighted by molar-refractivity contribution is 5.78. The molecule has 0 bridgehead atoms. The lowest BCUT2D eigenvalue weighted by Crippen LogP contribution is -2.19. The molecule has 1 heterocycles. The van der Waals surface area contributed by atoms with Crippen molar-refractivity contribution < 1.29 is 9.53 Å². The summed E-state index contributed by atoms with van der Waals surface area (Å²) in [6, 6.07) is 24.8. The second kappa shape index (κ2) is 11.5. The largest absolute Gasteiger partial charge is 0.466 e. The molecule has 0 saturated heterocycles. The van der Waals surface area contributed by atoms with Gasteiger partial charge in [0.2, 0.25) is 0 Å². The first-order chi connectivity index (χ1) is 17.5. The Balaban J connectivity index is 1.58. The molecular formula is C31H33N3O2. The predicted molar refractivity (Wildman–Crippen MR) is 147 cm³/mol. The topological polar surface area (TPSA) is 56.2 Å². The molecular weight excluding hydrogens is 446 g/mol. The van der Waals surface area contributed by atoms with Gasteiger partial charge in [0.1, 0.15) is 0 Å². The number of carbonyl (C=O) groups excluding carboxylic acids is 1. The van der Waals surface area contributed by atoms with E-state index in [0.717, 1.165) is 45.9 Å². The van der Waals surface area contributed by atoms with Crippen LogP contribution in [0.3, 0.4) is 0 Å². The van der Waals surface area contributed by atoms with Crippen molar-refractivity contribution in [2.45, 2.75) is 33.1 Å². The van der Waals surface area contributed by atoms with Crippen LogP contribution in [-0.4, -0.2) is 28.9 Å². The summed E-state index contributed by atoms with van der Waals surface area (Å²) >= 11 is 0. The standard InChI is InChI=1S/C31H33N3O2/c1-5-17-32-26-13-11-24(12-14-26)29-21-28(15-10-23(29)4)34-18-16-27(33-34)20-30(31(35)36-6-2)25-9-7-8-22(3)19-25/h5,7-16,18-19,21,30,32H,1,6,17,20H2,2-4H3. The summed E-state index contributed by atoms with van der Waals surface area (Å²) in [4.78, 5) is 12.8. The molecule has 0 aliphatic carbocycles. The minimum Gasteiger partial charge on any atom is -0.466 e. The monoisotopic (exact) mass is 479 g/mol. The molecule has 0 spiro atoms. The molecule has 4 aromatic rings. The highest BCUT2D eigenvalue weighted by Gasteiger charge is 2.24.